The minimum Gasteiger partial charge on any atom is -0.354 e. The maximum Gasteiger partial charge on any atom is 0.224 e. The second-order valence-corrected chi connectivity index (χ2v) is 5.87. The fourth-order valence-corrected chi connectivity index (χ4v) is 2.78. The Bertz CT molecular complexity index is 645. The molecule has 8 heteroatoms. The molecule has 2 aromatic rings. The Hall–Kier alpha value is -2.22. The van der Waals surface area contributed by atoms with Gasteiger partial charge in [0, 0.05) is 64.3 Å². The Balaban J connectivity index is 1.60. The summed E-state index contributed by atoms with van der Waals surface area (Å²) in [7, 11) is 1.90. The van der Waals surface area contributed by atoms with Crippen LogP contribution in [0.15, 0.2) is 12.3 Å². The fraction of sp³-hybridized carbons (Fsp3) is 0.600. The van der Waals surface area contributed by atoms with E-state index in [4.69, 9.17) is 0 Å². The maximum atomic E-state index is 4.62. The van der Waals surface area contributed by atoms with E-state index in [1.165, 1.54) is 0 Å². The fourth-order valence-electron chi connectivity index (χ4n) is 2.78. The van der Waals surface area contributed by atoms with Crippen molar-refractivity contribution in [1.29, 1.82) is 0 Å². The standard InChI is InChI=1S/C15H24N8/c1-4-16-15-17-12(2)9-14(18-15)23-7-5-22(6-8-23)11-13-10-21(3)20-19-13/h9-10H,4-8,11H2,1-3H3,(H,16,17,18). The maximum absolute atomic E-state index is 4.62. The van der Waals surface area contributed by atoms with E-state index in [0.29, 0.717) is 5.95 Å². The van der Waals surface area contributed by atoms with Crippen LogP contribution in [-0.2, 0) is 13.6 Å². The van der Waals surface area contributed by atoms with E-state index in [1.807, 2.05) is 20.2 Å². The number of hydrogen-bond acceptors (Lipinski definition) is 7. The van der Waals surface area contributed by atoms with Crippen molar-refractivity contribution in [3.63, 3.8) is 0 Å². The predicted molar refractivity (Wildman–Crippen MR) is 89.4 cm³/mol. The average molecular weight is 316 g/mol. The van der Waals surface area contributed by atoms with E-state index in [2.05, 4.69) is 48.4 Å². The van der Waals surface area contributed by atoms with Gasteiger partial charge < -0.3 is 10.2 Å². The lowest BCUT2D eigenvalue weighted by molar-refractivity contribution is 0.246. The van der Waals surface area contributed by atoms with Crippen LogP contribution in [0.25, 0.3) is 0 Å². The molecule has 124 valence electrons. The van der Waals surface area contributed by atoms with Crippen LogP contribution >= 0.6 is 0 Å². The molecule has 1 N–H and O–H groups in total. The third-order valence-corrected chi connectivity index (χ3v) is 3.91. The molecule has 1 saturated heterocycles. The molecule has 1 aliphatic rings. The molecule has 0 unspecified atom stereocenters. The molecular formula is C15H24N8. The molecule has 0 atom stereocenters. The first-order chi connectivity index (χ1) is 11.1. The molecule has 0 bridgehead atoms. The van der Waals surface area contributed by atoms with Crippen LogP contribution in [0.2, 0.25) is 0 Å². The highest BCUT2D eigenvalue weighted by molar-refractivity contribution is 5.45. The van der Waals surface area contributed by atoms with Crippen LogP contribution in [0, 0.1) is 6.92 Å². The minimum absolute atomic E-state index is 0.712. The average Bonchev–Trinajstić information content (AvgIpc) is 2.93. The molecule has 23 heavy (non-hydrogen) atoms. The summed E-state index contributed by atoms with van der Waals surface area (Å²) in [5.41, 5.74) is 2.02. The van der Waals surface area contributed by atoms with Gasteiger partial charge in [-0.1, -0.05) is 5.21 Å². The number of nitrogens with zero attached hydrogens (tertiary/aromatic N) is 7. The van der Waals surface area contributed by atoms with Crippen molar-refractivity contribution in [2.24, 2.45) is 7.05 Å². The number of rotatable bonds is 5. The summed E-state index contributed by atoms with van der Waals surface area (Å²) in [5.74, 6) is 1.72. The van der Waals surface area contributed by atoms with Gasteiger partial charge in [-0.05, 0) is 13.8 Å². The Kier molecular flexibility index (Phi) is 4.71. The smallest absolute Gasteiger partial charge is 0.224 e. The molecule has 0 aliphatic carbocycles. The second-order valence-electron chi connectivity index (χ2n) is 5.87. The molecule has 3 heterocycles. The number of nitrogens with one attached hydrogen (secondary N) is 1. The van der Waals surface area contributed by atoms with Crippen molar-refractivity contribution in [2.75, 3.05) is 42.9 Å². The van der Waals surface area contributed by atoms with Crippen molar-refractivity contribution in [2.45, 2.75) is 20.4 Å². The Labute approximate surface area is 136 Å². The lowest BCUT2D eigenvalue weighted by Crippen LogP contribution is -2.46. The van der Waals surface area contributed by atoms with E-state index >= 15 is 0 Å². The van der Waals surface area contributed by atoms with Gasteiger partial charge in [-0.25, -0.2) is 4.98 Å². The van der Waals surface area contributed by atoms with E-state index in [-0.39, 0.29) is 0 Å². The highest BCUT2D eigenvalue weighted by atomic mass is 15.4. The molecule has 1 fully saturated rings. The van der Waals surface area contributed by atoms with Gasteiger partial charge in [-0.2, -0.15) is 4.98 Å². The quantitative estimate of drug-likeness (QED) is 0.869. The van der Waals surface area contributed by atoms with Crippen LogP contribution in [0.4, 0.5) is 11.8 Å². The molecule has 0 spiro atoms. The molecule has 8 nitrogen and oxygen atoms in total. The van der Waals surface area contributed by atoms with Crippen molar-refractivity contribution in [3.05, 3.63) is 23.7 Å². The Morgan fingerprint density at radius 3 is 2.61 bits per heavy atom. The van der Waals surface area contributed by atoms with Gasteiger partial charge in [0.15, 0.2) is 0 Å². The van der Waals surface area contributed by atoms with Crippen LogP contribution in [0.1, 0.15) is 18.3 Å². The summed E-state index contributed by atoms with van der Waals surface area (Å²) < 4.78 is 1.75. The third-order valence-electron chi connectivity index (χ3n) is 3.91. The number of piperazine rings is 1. The van der Waals surface area contributed by atoms with Crippen molar-refractivity contribution in [1.82, 2.24) is 29.9 Å². The predicted octanol–water partition coefficient (Wildman–Crippen LogP) is 0.668. The largest absolute Gasteiger partial charge is 0.354 e. The van der Waals surface area contributed by atoms with Crippen molar-refractivity contribution >= 4 is 11.8 Å². The molecule has 0 saturated carbocycles. The van der Waals surface area contributed by atoms with E-state index in [9.17, 15) is 0 Å². The molecule has 2 aromatic heterocycles. The number of aryl methyl sites for hydroxylation is 2. The minimum atomic E-state index is 0.712. The van der Waals surface area contributed by atoms with Gasteiger partial charge in [0.25, 0.3) is 0 Å². The number of hydrogen-bond donors (Lipinski definition) is 1. The molecular weight excluding hydrogens is 292 g/mol. The van der Waals surface area contributed by atoms with Gasteiger partial charge in [0.2, 0.25) is 5.95 Å². The van der Waals surface area contributed by atoms with Gasteiger partial charge >= 0.3 is 0 Å². The van der Waals surface area contributed by atoms with E-state index < -0.39 is 0 Å². The van der Waals surface area contributed by atoms with Gasteiger partial charge in [0.1, 0.15) is 5.82 Å². The summed E-state index contributed by atoms with van der Waals surface area (Å²) in [6.45, 7) is 9.66. The Morgan fingerprint density at radius 1 is 1.17 bits per heavy atom. The summed E-state index contributed by atoms with van der Waals surface area (Å²) >= 11 is 0. The molecule has 3 rings (SSSR count). The second kappa shape index (κ2) is 6.91. The third kappa shape index (κ3) is 3.95. The first-order valence-corrected chi connectivity index (χ1v) is 8.06. The zero-order valence-electron chi connectivity index (χ0n) is 14.0. The van der Waals surface area contributed by atoms with Crippen LogP contribution in [0.5, 0.6) is 0 Å². The van der Waals surface area contributed by atoms with Crippen molar-refractivity contribution in [3.8, 4) is 0 Å². The zero-order valence-corrected chi connectivity index (χ0v) is 14.0. The number of aromatic nitrogens is 5. The normalized spacial score (nSPS) is 15.9. The van der Waals surface area contributed by atoms with E-state index in [0.717, 1.165) is 56.5 Å². The Morgan fingerprint density at radius 2 is 1.96 bits per heavy atom. The first-order valence-electron chi connectivity index (χ1n) is 8.06. The monoisotopic (exact) mass is 316 g/mol. The zero-order chi connectivity index (χ0) is 16.2. The summed E-state index contributed by atoms with van der Waals surface area (Å²) in [4.78, 5) is 13.8. The van der Waals surface area contributed by atoms with E-state index in [1.54, 1.807) is 4.68 Å². The van der Waals surface area contributed by atoms with Gasteiger partial charge in [0.05, 0.1) is 5.69 Å². The lowest BCUT2D eigenvalue weighted by atomic mass is 10.3. The van der Waals surface area contributed by atoms with Crippen molar-refractivity contribution < 1.29 is 0 Å². The summed E-state index contributed by atoms with van der Waals surface area (Å²) in [6.07, 6.45) is 1.98. The molecule has 1 aliphatic heterocycles. The highest BCUT2D eigenvalue weighted by Crippen LogP contribution is 2.17. The number of anilines is 2. The summed E-state index contributed by atoms with van der Waals surface area (Å²) in [5, 5.41) is 11.3. The topological polar surface area (TPSA) is 75.0 Å². The first kappa shape index (κ1) is 15.7. The SMILES string of the molecule is CCNc1nc(C)cc(N2CCN(Cc3cn(C)nn3)CC2)n1. The van der Waals surface area contributed by atoms with Crippen LogP contribution in [0.3, 0.4) is 0 Å². The molecule has 0 radical (unpaired) electrons. The molecule has 0 amide bonds. The highest BCUT2D eigenvalue weighted by Gasteiger charge is 2.19. The van der Waals surface area contributed by atoms with Gasteiger partial charge in [-0.3, -0.25) is 9.58 Å². The van der Waals surface area contributed by atoms with Crippen LogP contribution in [-0.4, -0.2) is 62.6 Å². The van der Waals surface area contributed by atoms with Crippen LogP contribution < -0.4 is 10.2 Å². The van der Waals surface area contributed by atoms with Gasteiger partial charge in [-0.15, -0.1) is 5.10 Å². The summed E-state index contributed by atoms with van der Waals surface area (Å²) in [6, 6.07) is 2.05. The molecule has 0 aromatic carbocycles. The lowest BCUT2D eigenvalue weighted by Gasteiger charge is -2.35.